The third kappa shape index (κ3) is 2.50. The number of nitrogens with two attached hydrogens (primary N) is 1. The molecule has 1 aromatic carbocycles. The Hall–Kier alpha value is -1.35. The first kappa shape index (κ1) is 12.1. The number of likely N-dealkylation sites (tertiary alicyclic amines) is 1. The van der Waals surface area contributed by atoms with E-state index in [2.05, 4.69) is 0 Å². The van der Waals surface area contributed by atoms with Gasteiger partial charge in [-0.2, -0.15) is 0 Å². The van der Waals surface area contributed by atoms with Gasteiger partial charge >= 0.3 is 0 Å². The van der Waals surface area contributed by atoms with Gasteiger partial charge in [-0.1, -0.05) is 12.1 Å². The minimum absolute atomic E-state index is 0.126. The molecule has 3 nitrogen and oxygen atoms in total. The molecule has 0 spiro atoms. The molecular weight excluding hydrogens is 212 g/mol. The van der Waals surface area contributed by atoms with Crippen molar-refractivity contribution in [3.63, 3.8) is 0 Å². The number of rotatable bonds is 1. The lowest BCUT2D eigenvalue weighted by molar-refractivity contribution is 0.0708. The number of hydrogen-bond acceptors (Lipinski definition) is 2. The lowest BCUT2D eigenvalue weighted by atomic mass is 10.0. The highest BCUT2D eigenvalue weighted by Gasteiger charge is 2.23. The standard InChI is InChI=1S/C14H20N2O/c1-10-5-3-7-13(11(10)2)14(17)16-8-4-6-12(15)9-16/h3,5,7,12H,4,6,8-9,15H2,1-2H3/t12-/m0/s1. The molecule has 1 saturated heterocycles. The zero-order valence-electron chi connectivity index (χ0n) is 10.6. The van der Waals surface area contributed by atoms with E-state index in [1.54, 1.807) is 0 Å². The normalized spacial score (nSPS) is 20.4. The van der Waals surface area contributed by atoms with Crippen LogP contribution in [0.25, 0.3) is 0 Å². The fraction of sp³-hybridized carbons (Fsp3) is 0.500. The van der Waals surface area contributed by atoms with Crippen molar-refractivity contribution in [1.82, 2.24) is 4.90 Å². The molecule has 2 rings (SSSR count). The average molecular weight is 232 g/mol. The first-order valence-corrected chi connectivity index (χ1v) is 6.20. The summed E-state index contributed by atoms with van der Waals surface area (Å²) < 4.78 is 0. The molecule has 1 fully saturated rings. The molecule has 3 heteroatoms. The maximum absolute atomic E-state index is 12.4. The van der Waals surface area contributed by atoms with Crippen LogP contribution in [0.15, 0.2) is 18.2 Å². The molecule has 1 heterocycles. The summed E-state index contributed by atoms with van der Waals surface area (Å²) in [6, 6.07) is 6.02. The van der Waals surface area contributed by atoms with Gasteiger partial charge in [0.2, 0.25) is 0 Å². The molecule has 1 aliphatic heterocycles. The van der Waals surface area contributed by atoms with Gasteiger partial charge in [-0.25, -0.2) is 0 Å². The van der Waals surface area contributed by atoms with Crippen molar-refractivity contribution in [3.8, 4) is 0 Å². The third-order valence-corrected chi connectivity index (χ3v) is 3.58. The van der Waals surface area contributed by atoms with Crippen molar-refractivity contribution in [2.75, 3.05) is 13.1 Å². The van der Waals surface area contributed by atoms with Crippen LogP contribution >= 0.6 is 0 Å². The van der Waals surface area contributed by atoms with E-state index < -0.39 is 0 Å². The zero-order valence-corrected chi connectivity index (χ0v) is 10.6. The summed E-state index contributed by atoms with van der Waals surface area (Å²) in [6.07, 6.45) is 2.04. The molecular formula is C14H20N2O. The number of benzene rings is 1. The Balaban J connectivity index is 2.22. The average Bonchev–Trinajstić information content (AvgIpc) is 2.32. The van der Waals surface area contributed by atoms with Crippen LogP contribution in [0.4, 0.5) is 0 Å². The van der Waals surface area contributed by atoms with Crippen molar-refractivity contribution in [2.45, 2.75) is 32.7 Å². The number of piperidine rings is 1. The van der Waals surface area contributed by atoms with E-state index in [-0.39, 0.29) is 11.9 Å². The van der Waals surface area contributed by atoms with Crippen LogP contribution in [0.1, 0.15) is 34.3 Å². The van der Waals surface area contributed by atoms with Crippen LogP contribution < -0.4 is 5.73 Å². The predicted molar refractivity (Wildman–Crippen MR) is 69.0 cm³/mol. The molecule has 0 saturated carbocycles. The topological polar surface area (TPSA) is 46.3 Å². The van der Waals surface area contributed by atoms with E-state index >= 15 is 0 Å². The second kappa shape index (κ2) is 4.88. The number of aryl methyl sites for hydroxylation is 1. The Labute approximate surface area is 103 Å². The fourth-order valence-corrected chi connectivity index (χ4v) is 2.35. The maximum atomic E-state index is 12.4. The Kier molecular flexibility index (Phi) is 3.48. The smallest absolute Gasteiger partial charge is 0.254 e. The zero-order chi connectivity index (χ0) is 12.4. The number of carbonyl (C=O) groups is 1. The fourth-order valence-electron chi connectivity index (χ4n) is 2.35. The molecule has 0 bridgehead atoms. The second-order valence-corrected chi connectivity index (χ2v) is 4.90. The molecule has 1 amide bonds. The number of carbonyl (C=O) groups excluding carboxylic acids is 1. The van der Waals surface area contributed by atoms with Crippen molar-refractivity contribution in [2.24, 2.45) is 5.73 Å². The summed E-state index contributed by atoms with van der Waals surface area (Å²) in [5, 5.41) is 0. The van der Waals surface area contributed by atoms with E-state index in [0.29, 0.717) is 6.54 Å². The lowest BCUT2D eigenvalue weighted by Gasteiger charge is -2.31. The van der Waals surface area contributed by atoms with Gasteiger partial charge in [-0.15, -0.1) is 0 Å². The molecule has 0 radical (unpaired) electrons. The predicted octanol–water partition coefficient (Wildman–Crippen LogP) is 1.87. The van der Waals surface area contributed by atoms with Gasteiger partial charge in [0.1, 0.15) is 0 Å². The molecule has 0 unspecified atom stereocenters. The van der Waals surface area contributed by atoms with Gasteiger partial charge in [-0.3, -0.25) is 4.79 Å². The Morgan fingerprint density at radius 3 is 2.88 bits per heavy atom. The van der Waals surface area contributed by atoms with Gasteiger partial charge < -0.3 is 10.6 Å². The molecule has 1 atom stereocenters. The van der Waals surface area contributed by atoms with Gasteiger partial charge in [0.15, 0.2) is 0 Å². The van der Waals surface area contributed by atoms with Crippen molar-refractivity contribution in [3.05, 3.63) is 34.9 Å². The lowest BCUT2D eigenvalue weighted by Crippen LogP contribution is -2.45. The highest BCUT2D eigenvalue weighted by Crippen LogP contribution is 2.17. The molecule has 92 valence electrons. The highest BCUT2D eigenvalue weighted by molar-refractivity contribution is 5.96. The van der Waals surface area contributed by atoms with E-state index in [0.717, 1.165) is 36.1 Å². The Morgan fingerprint density at radius 2 is 2.18 bits per heavy atom. The summed E-state index contributed by atoms with van der Waals surface area (Å²) in [6.45, 7) is 5.56. The molecule has 1 aromatic rings. The summed E-state index contributed by atoms with van der Waals surface area (Å²) >= 11 is 0. The first-order chi connectivity index (χ1) is 8.09. The number of amides is 1. The van der Waals surface area contributed by atoms with Crippen LogP contribution in [-0.2, 0) is 0 Å². The van der Waals surface area contributed by atoms with Crippen LogP contribution in [0, 0.1) is 13.8 Å². The monoisotopic (exact) mass is 232 g/mol. The van der Waals surface area contributed by atoms with Gasteiger partial charge in [-0.05, 0) is 43.9 Å². The van der Waals surface area contributed by atoms with E-state index in [1.807, 2.05) is 36.9 Å². The van der Waals surface area contributed by atoms with Crippen molar-refractivity contribution in [1.29, 1.82) is 0 Å². The molecule has 0 aromatic heterocycles. The second-order valence-electron chi connectivity index (χ2n) is 4.90. The maximum Gasteiger partial charge on any atom is 0.254 e. The third-order valence-electron chi connectivity index (χ3n) is 3.58. The van der Waals surface area contributed by atoms with Crippen LogP contribution in [0.5, 0.6) is 0 Å². The summed E-state index contributed by atoms with van der Waals surface area (Å²) in [4.78, 5) is 14.3. The Morgan fingerprint density at radius 1 is 1.41 bits per heavy atom. The van der Waals surface area contributed by atoms with E-state index in [9.17, 15) is 4.79 Å². The number of nitrogens with zero attached hydrogens (tertiary/aromatic N) is 1. The van der Waals surface area contributed by atoms with Gasteiger partial charge in [0, 0.05) is 24.7 Å². The minimum atomic E-state index is 0.126. The SMILES string of the molecule is Cc1cccc(C(=O)N2CCC[C@H](N)C2)c1C. The summed E-state index contributed by atoms with van der Waals surface area (Å²) in [5.41, 5.74) is 8.98. The summed E-state index contributed by atoms with van der Waals surface area (Å²) in [5.74, 6) is 0.126. The summed E-state index contributed by atoms with van der Waals surface area (Å²) in [7, 11) is 0. The van der Waals surface area contributed by atoms with E-state index in [4.69, 9.17) is 5.73 Å². The molecule has 17 heavy (non-hydrogen) atoms. The molecule has 0 aliphatic carbocycles. The first-order valence-electron chi connectivity index (χ1n) is 6.20. The molecule has 1 aliphatic rings. The molecule has 2 N–H and O–H groups in total. The largest absolute Gasteiger partial charge is 0.337 e. The highest BCUT2D eigenvalue weighted by atomic mass is 16.2. The van der Waals surface area contributed by atoms with E-state index in [1.165, 1.54) is 0 Å². The van der Waals surface area contributed by atoms with Gasteiger partial charge in [0.05, 0.1) is 0 Å². The van der Waals surface area contributed by atoms with Crippen LogP contribution in [0.2, 0.25) is 0 Å². The minimum Gasteiger partial charge on any atom is -0.337 e. The van der Waals surface area contributed by atoms with Gasteiger partial charge in [0.25, 0.3) is 5.91 Å². The quantitative estimate of drug-likeness (QED) is 0.803. The van der Waals surface area contributed by atoms with Crippen molar-refractivity contribution >= 4 is 5.91 Å². The van der Waals surface area contributed by atoms with Crippen molar-refractivity contribution < 1.29 is 4.79 Å². The van der Waals surface area contributed by atoms with Crippen LogP contribution in [-0.4, -0.2) is 29.9 Å². The van der Waals surface area contributed by atoms with Crippen LogP contribution in [0.3, 0.4) is 0 Å². The number of hydrogen-bond donors (Lipinski definition) is 1. The Bertz CT molecular complexity index is 428.